The molecule has 0 aliphatic heterocycles. The molecular weight excluding hydrogens is 312 g/mol. The van der Waals surface area contributed by atoms with Crippen molar-refractivity contribution in [2.75, 3.05) is 0 Å². The molecule has 0 aliphatic carbocycles. The number of aliphatic hydroxyl groups is 3. The maximum absolute atomic E-state index is 11.7. The topological polar surface area (TPSA) is 115 Å². The average molecular weight is 344 g/mol. The number of ketones is 1. The largest absolute Gasteiger partial charge is 0.481 e. The number of carbonyl (C=O) groups is 2. The minimum absolute atomic E-state index is 0.120. The van der Waals surface area contributed by atoms with Crippen molar-refractivity contribution in [3.63, 3.8) is 0 Å². The van der Waals surface area contributed by atoms with Gasteiger partial charge in [0.1, 0.15) is 6.10 Å². The lowest BCUT2D eigenvalue weighted by Crippen LogP contribution is -2.24. The van der Waals surface area contributed by atoms with Crippen molar-refractivity contribution in [1.29, 1.82) is 0 Å². The van der Waals surface area contributed by atoms with Gasteiger partial charge in [-0.1, -0.05) is 44.8 Å². The van der Waals surface area contributed by atoms with Crippen LogP contribution < -0.4 is 0 Å². The van der Waals surface area contributed by atoms with Crippen LogP contribution in [0.25, 0.3) is 0 Å². The normalized spacial score (nSPS) is 15.3. The van der Waals surface area contributed by atoms with Crippen molar-refractivity contribution in [2.24, 2.45) is 0 Å². The molecule has 0 bridgehead atoms. The first kappa shape index (κ1) is 22.8. The Morgan fingerprint density at radius 1 is 0.917 bits per heavy atom. The summed E-state index contributed by atoms with van der Waals surface area (Å²) in [7, 11) is 0. The number of allylic oxidation sites excluding steroid dienone is 1. The van der Waals surface area contributed by atoms with Gasteiger partial charge in [-0.05, 0) is 25.7 Å². The van der Waals surface area contributed by atoms with E-state index >= 15 is 0 Å². The fraction of sp³-hybridized carbons (Fsp3) is 0.778. The van der Waals surface area contributed by atoms with Crippen LogP contribution in [-0.2, 0) is 9.59 Å². The molecule has 3 atom stereocenters. The summed E-state index contributed by atoms with van der Waals surface area (Å²) in [4.78, 5) is 22.1. The summed E-state index contributed by atoms with van der Waals surface area (Å²) in [5, 5.41) is 37.2. The molecule has 2 unspecified atom stereocenters. The smallest absolute Gasteiger partial charge is 0.303 e. The van der Waals surface area contributed by atoms with Crippen LogP contribution >= 0.6 is 0 Å². The van der Waals surface area contributed by atoms with Gasteiger partial charge in [0.25, 0.3) is 0 Å². The first-order chi connectivity index (χ1) is 11.4. The SMILES string of the molecule is CC[C@H](O)C(O)C/C=C\CC(=O)C(O)CCCCCCCC(=O)O. The Balaban J connectivity index is 3.71. The molecule has 0 aliphatic rings. The Hall–Kier alpha value is -1.24. The number of aliphatic hydroxyl groups excluding tert-OH is 3. The Kier molecular flexibility index (Phi) is 13.4. The van der Waals surface area contributed by atoms with Crippen LogP contribution in [-0.4, -0.2) is 50.5 Å². The molecule has 0 fully saturated rings. The maximum Gasteiger partial charge on any atom is 0.303 e. The van der Waals surface area contributed by atoms with Gasteiger partial charge in [-0.25, -0.2) is 0 Å². The third-order valence-electron chi connectivity index (χ3n) is 3.97. The van der Waals surface area contributed by atoms with Crippen LogP contribution in [0.4, 0.5) is 0 Å². The van der Waals surface area contributed by atoms with Gasteiger partial charge in [0, 0.05) is 12.8 Å². The van der Waals surface area contributed by atoms with Crippen molar-refractivity contribution in [1.82, 2.24) is 0 Å². The monoisotopic (exact) mass is 344 g/mol. The second-order valence-electron chi connectivity index (χ2n) is 6.14. The Bertz CT molecular complexity index is 380. The molecule has 0 radical (unpaired) electrons. The van der Waals surface area contributed by atoms with E-state index in [1.54, 1.807) is 19.1 Å². The van der Waals surface area contributed by atoms with Crippen molar-refractivity contribution in [3.05, 3.63) is 12.2 Å². The summed E-state index contributed by atoms with van der Waals surface area (Å²) in [6.07, 6.45) is 6.24. The molecular formula is C18H32O6. The lowest BCUT2D eigenvalue weighted by atomic mass is 10.0. The third kappa shape index (κ3) is 12.2. The molecule has 0 saturated heterocycles. The fourth-order valence-electron chi connectivity index (χ4n) is 2.31. The molecule has 0 aromatic carbocycles. The number of hydrogen-bond donors (Lipinski definition) is 4. The Morgan fingerprint density at radius 2 is 1.54 bits per heavy atom. The molecule has 0 heterocycles. The van der Waals surface area contributed by atoms with Gasteiger partial charge in [0.2, 0.25) is 0 Å². The van der Waals surface area contributed by atoms with Crippen molar-refractivity contribution in [2.45, 2.75) is 89.4 Å². The molecule has 0 aromatic heterocycles. The minimum Gasteiger partial charge on any atom is -0.481 e. The van der Waals surface area contributed by atoms with Gasteiger partial charge in [-0.3, -0.25) is 9.59 Å². The second kappa shape index (κ2) is 14.1. The number of carboxylic acid groups (broad SMARTS) is 1. The van der Waals surface area contributed by atoms with E-state index in [2.05, 4.69) is 0 Å². The first-order valence-corrected chi connectivity index (χ1v) is 8.82. The molecule has 0 amide bonds. The Labute approximate surface area is 144 Å². The summed E-state index contributed by atoms with van der Waals surface area (Å²) in [6, 6.07) is 0. The molecule has 140 valence electrons. The summed E-state index contributed by atoms with van der Waals surface area (Å²) in [6.45, 7) is 1.78. The zero-order valence-corrected chi connectivity index (χ0v) is 14.6. The van der Waals surface area contributed by atoms with Crippen LogP contribution in [0.2, 0.25) is 0 Å². The van der Waals surface area contributed by atoms with Crippen molar-refractivity contribution in [3.8, 4) is 0 Å². The van der Waals surface area contributed by atoms with Crippen molar-refractivity contribution >= 4 is 11.8 Å². The molecule has 6 heteroatoms. The lowest BCUT2D eigenvalue weighted by Gasteiger charge is -2.13. The zero-order valence-electron chi connectivity index (χ0n) is 14.6. The van der Waals surface area contributed by atoms with Gasteiger partial charge in [-0.2, -0.15) is 0 Å². The van der Waals surface area contributed by atoms with E-state index in [1.807, 2.05) is 0 Å². The van der Waals surface area contributed by atoms with Crippen LogP contribution in [0.3, 0.4) is 0 Å². The number of carboxylic acids is 1. The Morgan fingerprint density at radius 3 is 2.17 bits per heavy atom. The minimum atomic E-state index is -0.972. The van der Waals surface area contributed by atoms with Gasteiger partial charge in [0.15, 0.2) is 5.78 Å². The standard InChI is InChI=1S/C18H32O6/c1-2-14(19)15(20)11-8-9-12-17(22)16(21)10-6-4-3-5-7-13-18(23)24/h8-9,14-16,19-21H,2-7,10-13H2,1H3,(H,23,24)/b9-8-/t14-,15?,16?/m0/s1. The van der Waals surface area contributed by atoms with Crippen LogP contribution in [0, 0.1) is 0 Å². The highest BCUT2D eigenvalue weighted by Gasteiger charge is 2.14. The van der Waals surface area contributed by atoms with E-state index in [-0.39, 0.29) is 25.0 Å². The van der Waals surface area contributed by atoms with Crippen molar-refractivity contribution < 1.29 is 30.0 Å². The van der Waals surface area contributed by atoms with Crippen LogP contribution in [0.15, 0.2) is 12.2 Å². The average Bonchev–Trinajstić information content (AvgIpc) is 2.55. The molecule has 0 spiro atoms. The fourth-order valence-corrected chi connectivity index (χ4v) is 2.31. The third-order valence-corrected chi connectivity index (χ3v) is 3.97. The molecule has 0 rings (SSSR count). The summed E-state index contributed by atoms with van der Waals surface area (Å²) < 4.78 is 0. The molecule has 0 aromatic rings. The number of aliphatic carboxylic acids is 1. The first-order valence-electron chi connectivity index (χ1n) is 8.82. The summed E-state index contributed by atoms with van der Waals surface area (Å²) in [5.74, 6) is -1.02. The predicted octanol–water partition coefficient (Wildman–Crippen LogP) is 2.20. The van der Waals surface area contributed by atoms with E-state index in [9.17, 15) is 24.9 Å². The van der Waals surface area contributed by atoms with E-state index in [4.69, 9.17) is 5.11 Å². The van der Waals surface area contributed by atoms with Gasteiger partial charge in [-0.15, -0.1) is 0 Å². The second-order valence-corrected chi connectivity index (χ2v) is 6.14. The number of carbonyl (C=O) groups excluding carboxylic acids is 1. The summed E-state index contributed by atoms with van der Waals surface area (Å²) >= 11 is 0. The quantitative estimate of drug-likeness (QED) is 0.267. The highest BCUT2D eigenvalue weighted by Crippen LogP contribution is 2.10. The predicted molar refractivity (Wildman–Crippen MR) is 91.6 cm³/mol. The molecule has 0 saturated carbocycles. The van der Waals surface area contributed by atoms with E-state index in [0.717, 1.165) is 25.7 Å². The number of rotatable bonds is 15. The van der Waals surface area contributed by atoms with Gasteiger partial charge >= 0.3 is 5.97 Å². The number of unbranched alkanes of at least 4 members (excludes halogenated alkanes) is 4. The van der Waals surface area contributed by atoms with Crippen LogP contribution in [0.5, 0.6) is 0 Å². The van der Waals surface area contributed by atoms with E-state index < -0.39 is 24.3 Å². The molecule has 6 nitrogen and oxygen atoms in total. The zero-order chi connectivity index (χ0) is 18.4. The van der Waals surface area contributed by atoms with E-state index in [0.29, 0.717) is 19.3 Å². The highest BCUT2D eigenvalue weighted by molar-refractivity contribution is 5.84. The number of Topliss-reactive ketones (excluding diaryl/α,β-unsaturated/α-hetero) is 1. The summed E-state index contributed by atoms with van der Waals surface area (Å²) in [5.41, 5.74) is 0. The highest BCUT2D eigenvalue weighted by atomic mass is 16.4. The van der Waals surface area contributed by atoms with E-state index in [1.165, 1.54) is 0 Å². The van der Waals surface area contributed by atoms with Gasteiger partial charge in [0.05, 0.1) is 12.2 Å². The van der Waals surface area contributed by atoms with Gasteiger partial charge < -0.3 is 20.4 Å². The number of hydrogen-bond acceptors (Lipinski definition) is 5. The lowest BCUT2D eigenvalue weighted by molar-refractivity contribution is -0.137. The maximum atomic E-state index is 11.7. The molecule has 24 heavy (non-hydrogen) atoms. The van der Waals surface area contributed by atoms with Crippen LogP contribution in [0.1, 0.15) is 71.1 Å². The molecule has 4 N–H and O–H groups in total.